The molecule has 0 aromatic heterocycles. The quantitative estimate of drug-likeness (QED) is 0.255. The van der Waals surface area contributed by atoms with Crippen LogP contribution in [0, 0.1) is 6.92 Å². The average Bonchev–Trinajstić information content (AvgIpc) is 2.78. The first-order valence-electron chi connectivity index (χ1n) is 9.82. The molecule has 4 aromatic carbocycles. The molecule has 0 N–H and O–H groups in total. The normalized spacial score (nSPS) is 11.2. The lowest BCUT2D eigenvalue weighted by atomic mass is 10.1. The summed E-state index contributed by atoms with van der Waals surface area (Å²) < 4.78 is 12.6. The van der Waals surface area contributed by atoms with Crippen molar-refractivity contribution in [1.29, 1.82) is 0 Å². The Morgan fingerprint density at radius 2 is 1.81 bits per heavy atom. The van der Waals surface area contributed by atoms with E-state index in [1.165, 1.54) is 10.8 Å². The first-order valence-corrected chi connectivity index (χ1v) is 11.0. The molecule has 0 amide bonds. The largest absolute Gasteiger partial charge is 0.493 e. The molecule has 0 heterocycles. The molecule has 0 saturated carbocycles. The van der Waals surface area contributed by atoms with E-state index in [9.17, 15) is 0 Å². The number of aliphatic imine (C=N–C) groups is 1. The lowest BCUT2D eigenvalue weighted by Gasteiger charge is -2.14. The highest BCUT2D eigenvalue weighted by molar-refractivity contribution is 9.10. The number of aryl methyl sites for hydroxylation is 1. The van der Waals surface area contributed by atoms with Gasteiger partial charge in [0.15, 0.2) is 11.5 Å². The molecule has 5 heteroatoms. The molecule has 156 valence electrons. The maximum atomic E-state index is 6.19. The minimum atomic E-state index is 0.436. The highest BCUT2D eigenvalue weighted by Crippen LogP contribution is 2.37. The SMILES string of the molecule is COc1cc(C=Nc2ccc(C)c(Cl)c2)cc(Br)c1OCc1cccc2ccccc12. The Morgan fingerprint density at radius 3 is 2.61 bits per heavy atom. The Balaban J connectivity index is 1.57. The third-order valence-electron chi connectivity index (χ3n) is 5.02. The van der Waals surface area contributed by atoms with Crippen molar-refractivity contribution < 1.29 is 9.47 Å². The van der Waals surface area contributed by atoms with E-state index in [0.717, 1.165) is 26.9 Å². The molecule has 4 rings (SSSR count). The summed E-state index contributed by atoms with van der Waals surface area (Å²) in [5, 5.41) is 3.07. The standard InChI is InChI=1S/C26H21BrClNO2/c1-17-10-11-21(14-24(17)28)29-15-18-12-23(27)26(25(13-18)30-2)31-16-20-8-5-7-19-6-3-4-9-22(19)20/h3-15H,16H2,1-2H3. The van der Waals surface area contributed by atoms with Crippen molar-refractivity contribution in [2.24, 2.45) is 4.99 Å². The number of benzene rings is 4. The first kappa shape index (κ1) is 21.4. The van der Waals surface area contributed by atoms with E-state index in [1.807, 2.05) is 55.5 Å². The molecule has 0 aliphatic carbocycles. The van der Waals surface area contributed by atoms with Gasteiger partial charge in [0, 0.05) is 11.2 Å². The molecule has 3 nitrogen and oxygen atoms in total. The average molecular weight is 495 g/mol. The molecule has 0 aliphatic heterocycles. The third kappa shape index (κ3) is 4.92. The van der Waals surface area contributed by atoms with Gasteiger partial charge in [-0.2, -0.15) is 0 Å². The predicted molar refractivity (Wildman–Crippen MR) is 132 cm³/mol. The molecule has 0 radical (unpaired) electrons. The van der Waals surface area contributed by atoms with E-state index in [2.05, 4.69) is 45.2 Å². The lowest BCUT2D eigenvalue weighted by Crippen LogP contribution is -2.00. The van der Waals surface area contributed by atoms with E-state index in [-0.39, 0.29) is 0 Å². The zero-order valence-electron chi connectivity index (χ0n) is 17.2. The maximum absolute atomic E-state index is 6.19. The van der Waals surface area contributed by atoms with E-state index in [0.29, 0.717) is 23.1 Å². The van der Waals surface area contributed by atoms with Gasteiger partial charge in [-0.05, 0) is 74.6 Å². The van der Waals surface area contributed by atoms with Crippen molar-refractivity contribution in [2.45, 2.75) is 13.5 Å². The van der Waals surface area contributed by atoms with Gasteiger partial charge in [0.1, 0.15) is 6.61 Å². The molecule has 0 unspecified atom stereocenters. The van der Waals surface area contributed by atoms with Crippen LogP contribution in [0.2, 0.25) is 5.02 Å². The molecule has 0 spiro atoms. The van der Waals surface area contributed by atoms with Crippen LogP contribution in [0.4, 0.5) is 5.69 Å². The molecular formula is C26H21BrClNO2. The molecule has 0 saturated heterocycles. The van der Waals surface area contributed by atoms with E-state index < -0.39 is 0 Å². The van der Waals surface area contributed by atoms with Crippen molar-refractivity contribution in [2.75, 3.05) is 7.11 Å². The second kappa shape index (κ2) is 9.54. The summed E-state index contributed by atoms with van der Waals surface area (Å²) in [6.45, 7) is 2.40. The Morgan fingerprint density at radius 1 is 1.00 bits per heavy atom. The van der Waals surface area contributed by atoms with Gasteiger partial charge in [0.05, 0.1) is 17.3 Å². The molecular weight excluding hydrogens is 474 g/mol. The van der Waals surface area contributed by atoms with E-state index in [1.54, 1.807) is 13.3 Å². The van der Waals surface area contributed by atoms with E-state index >= 15 is 0 Å². The van der Waals surface area contributed by atoms with Crippen LogP contribution < -0.4 is 9.47 Å². The summed E-state index contributed by atoms with van der Waals surface area (Å²) in [5.74, 6) is 1.30. The van der Waals surface area contributed by atoms with Crippen LogP contribution >= 0.6 is 27.5 Å². The minimum absolute atomic E-state index is 0.436. The second-order valence-corrected chi connectivity index (χ2v) is 8.41. The second-order valence-electron chi connectivity index (χ2n) is 7.15. The van der Waals surface area contributed by atoms with Gasteiger partial charge in [0.25, 0.3) is 0 Å². The van der Waals surface area contributed by atoms with Crippen LogP contribution in [0.15, 0.2) is 82.3 Å². The van der Waals surface area contributed by atoms with Crippen molar-refractivity contribution in [3.8, 4) is 11.5 Å². The van der Waals surface area contributed by atoms with Gasteiger partial charge in [-0.1, -0.05) is 60.1 Å². The van der Waals surface area contributed by atoms with Gasteiger partial charge in [-0.3, -0.25) is 4.99 Å². The van der Waals surface area contributed by atoms with E-state index in [4.69, 9.17) is 21.1 Å². The van der Waals surface area contributed by atoms with Gasteiger partial charge in [-0.15, -0.1) is 0 Å². The number of nitrogens with zero attached hydrogens (tertiary/aromatic N) is 1. The van der Waals surface area contributed by atoms with Crippen molar-refractivity contribution in [3.05, 3.63) is 99.0 Å². The summed E-state index contributed by atoms with van der Waals surface area (Å²) >= 11 is 9.81. The van der Waals surface area contributed by atoms with Gasteiger partial charge < -0.3 is 9.47 Å². The summed E-state index contributed by atoms with van der Waals surface area (Å²) in [7, 11) is 1.63. The zero-order chi connectivity index (χ0) is 21.8. The fourth-order valence-electron chi connectivity index (χ4n) is 3.33. The summed E-state index contributed by atoms with van der Waals surface area (Å²) in [6, 6.07) is 24.1. The topological polar surface area (TPSA) is 30.8 Å². The maximum Gasteiger partial charge on any atom is 0.175 e. The van der Waals surface area contributed by atoms with Crippen LogP contribution in [-0.2, 0) is 6.61 Å². The van der Waals surface area contributed by atoms with Gasteiger partial charge in [-0.25, -0.2) is 0 Å². The van der Waals surface area contributed by atoms with Gasteiger partial charge >= 0.3 is 0 Å². The zero-order valence-corrected chi connectivity index (χ0v) is 19.6. The Bertz CT molecular complexity index is 1260. The monoisotopic (exact) mass is 493 g/mol. The Hall–Kier alpha value is -2.82. The number of halogens is 2. The van der Waals surface area contributed by atoms with Gasteiger partial charge in [0.2, 0.25) is 0 Å². The van der Waals surface area contributed by atoms with Crippen LogP contribution in [-0.4, -0.2) is 13.3 Å². The summed E-state index contributed by atoms with van der Waals surface area (Å²) in [6.07, 6.45) is 1.78. The molecule has 0 atom stereocenters. The van der Waals surface area contributed by atoms with Crippen molar-refractivity contribution >= 4 is 50.2 Å². The molecule has 4 aromatic rings. The van der Waals surface area contributed by atoms with Crippen LogP contribution in [0.3, 0.4) is 0 Å². The van der Waals surface area contributed by atoms with Crippen LogP contribution in [0.1, 0.15) is 16.7 Å². The number of ether oxygens (including phenoxy) is 2. The minimum Gasteiger partial charge on any atom is -0.493 e. The van der Waals surface area contributed by atoms with Crippen LogP contribution in [0.5, 0.6) is 11.5 Å². The Labute approximate surface area is 195 Å². The number of methoxy groups -OCH3 is 1. The fourth-order valence-corrected chi connectivity index (χ4v) is 4.08. The van der Waals surface area contributed by atoms with Crippen molar-refractivity contribution in [1.82, 2.24) is 0 Å². The lowest BCUT2D eigenvalue weighted by molar-refractivity contribution is 0.283. The smallest absolute Gasteiger partial charge is 0.175 e. The molecule has 0 fully saturated rings. The number of hydrogen-bond donors (Lipinski definition) is 0. The molecule has 31 heavy (non-hydrogen) atoms. The fraction of sp³-hybridized carbons (Fsp3) is 0.115. The molecule has 0 bridgehead atoms. The number of fused-ring (bicyclic) bond motifs is 1. The van der Waals surface area contributed by atoms with Crippen molar-refractivity contribution in [3.63, 3.8) is 0 Å². The summed E-state index contributed by atoms with van der Waals surface area (Å²) in [5.41, 5.74) is 3.83. The number of rotatable bonds is 6. The number of hydrogen-bond acceptors (Lipinski definition) is 3. The van der Waals surface area contributed by atoms with Crippen LogP contribution in [0.25, 0.3) is 10.8 Å². The highest BCUT2D eigenvalue weighted by atomic mass is 79.9. The first-order chi connectivity index (χ1) is 15.0. The third-order valence-corrected chi connectivity index (χ3v) is 6.02. The summed E-state index contributed by atoms with van der Waals surface area (Å²) in [4.78, 5) is 4.53. The highest BCUT2D eigenvalue weighted by Gasteiger charge is 2.12. The Kier molecular flexibility index (Phi) is 6.59. The molecule has 0 aliphatic rings. The predicted octanol–water partition coefficient (Wildman–Crippen LogP) is 7.90.